The summed E-state index contributed by atoms with van der Waals surface area (Å²) in [5.74, 6) is 1.77. The Kier molecular flexibility index (Phi) is 5.08. The summed E-state index contributed by atoms with van der Waals surface area (Å²) < 4.78 is 10.8. The molecule has 5 nitrogen and oxygen atoms in total. The Hall–Kier alpha value is -2.34. The zero-order valence-corrected chi connectivity index (χ0v) is 15.4. The van der Waals surface area contributed by atoms with Crippen molar-refractivity contribution in [2.75, 3.05) is 27.3 Å². The third-order valence-corrected chi connectivity index (χ3v) is 5.58. The first-order valence-electron chi connectivity index (χ1n) is 8.14. The van der Waals surface area contributed by atoms with Gasteiger partial charge in [-0.25, -0.2) is 0 Å². The highest BCUT2D eigenvalue weighted by atomic mass is 32.1. The van der Waals surface area contributed by atoms with Gasteiger partial charge in [0.05, 0.1) is 24.7 Å². The summed E-state index contributed by atoms with van der Waals surface area (Å²) >= 11 is 1.32. The Morgan fingerprint density at radius 2 is 2.00 bits per heavy atom. The van der Waals surface area contributed by atoms with Crippen molar-refractivity contribution in [3.8, 4) is 11.5 Å². The Bertz CT molecular complexity index is 798. The molecule has 0 saturated carbocycles. The van der Waals surface area contributed by atoms with E-state index in [1.165, 1.54) is 18.3 Å². The minimum Gasteiger partial charge on any atom is -0.497 e. The normalized spacial score (nSPS) is 16.8. The molecule has 2 aromatic rings. The van der Waals surface area contributed by atoms with Gasteiger partial charge in [0.1, 0.15) is 11.5 Å². The van der Waals surface area contributed by atoms with Crippen molar-refractivity contribution in [2.45, 2.75) is 19.3 Å². The van der Waals surface area contributed by atoms with Gasteiger partial charge in [-0.1, -0.05) is 0 Å². The number of hydrogen-bond donors (Lipinski definition) is 0. The van der Waals surface area contributed by atoms with Crippen molar-refractivity contribution in [3.63, 3.8) is 0 Å². The van der Waals surface area contributed by atoms with Gasteiger partial charge < -0.3 is 14.4 Å². The quantitative estimate of drug-likeness (QED) is 0.766. The van der Waals surface area contributed by atoms with Crippen LogP contribution in [0, 0.1) is 0 Å². The number of rotatable bonds is 5. The molecule has 0 radical (unpaired) electrons. The molecule has 1 amide bonds. The Labute approximate surface area is 151 Å². The molecular formula is C19H21NO4S. The fourth-order valence-corrected chi connectivity index (χ4v) is 3.96. The van der Waals surface area contributed by atoms with Crippen LogP contribution in [0.25, 0.3) is 0 Å². The lowest BCUT2D eigenvalue weighted by Crippen LogP contribution is -2.28. The summed E-state index contributed by atoms with van der Waals surface area (Å²) in [7, 11) is 3.29. The lowest BCUT2D eigenvalue weighted by Gasteiger charge is -2.18. The number of carbonyl (C=O) groups is 2. The Morgan fingerprint density at radius 3 is 2.64 bits per heavy atom. The molecule has 0 bridgehead atoms. The molecule has 1 aromatic carbocycles. The first kappa shape index (κ1) is 17.5. The second kappa shape index (κ2) is 7.27. The molecule has 1 saturated heterocycles. The van der Waals surface area contributed by atoms with Crippen molar-refractivity contribution in [1.82, 2.24) is 4.90 Å². The van der Waals surface area contributed by atoms with E-state index < -0.39 is 0 Å². The van der Waals surface area contributed by atoms with E-state index in [0.29, 0.717) is 23.5 Å². The fraction of sp³-hybridized carbons (Fsp3) is 0.368. The Balaban J connectivity index is 1.77. The summed E-state index contributed by atoms with van der Waals surface area (Å²) in [5.41, 5.74) is 1.65. The molecule has 0 N–H and O–H groups in total. The number of ketones is 1. The zero-order chi connectivity index (χ0) is 18.0. The van der Waals surface area contributed by atoms with Crippen molar-refractivity contribution in [3.05, 3.63) is 45.6 Å². The summed E-state index contributed by atoms with van der Waals surface area (Å²) in [5, 5.41) is 1.76. The van der Waals surface area contributed by atoms with Crippen LogP contribution in [-0.2, 0) is 0 Å². The van der Waals surface area contributed by atoms with Crippen molar-refractivity contribution in [2.24, 2.45) is 0 Å². The van der Waals surface area contributed by atoms with Crippen LogP contribution in [0.4, 0.5) is 0 Å². The average Bonchev–Trinajstić information content (AvgIpc) is 3.30. The van der Waals surface area contributed by atoms with E-state index in [4.69, 9.17) is 9.47 Å². The molecule has 2 heterocycles. The lowest BCUT2D eigenvalue weighted by atomic mass is 9.97. The minimum atomic E-state index is -0.0203. The third-order valence-electron chi connectivity index (χ3n) is 4.55. The topological polar surface area (TPSA) is 55.8 Å². The van der Waals surface area contributed by atoms with Gasteiger partial charge in [0.25, 0.3) is 5.91 Å². The second-order valence-electron chi connectivity index (χ2n) is 6.10. The summed E-state index contributed by atoms with van der Waals surface area (Å²) in [6.45, 7) is 2.84. The van der Waals surface area contributed by atoms with E-state index in [1.54, 1.807) is 25.7 Å². The molecule has 25 heavy (non-hydrogen) atoms. The summed E-state index contributed by atoms with van der Waals surface area (Å²) in [6.07, 6.45) is 0.874. The number of amides is 1. The summed E-state index contributed by atoms with van der Waals surface area (Å²) in [4.78, 5) is 26.6. The van der Waals surface area contributed by atoms with Crippen LogP contribution in [0.2, 0.25) is 0 Å². The van der Waals surface area contributed by atoms with Crippen molar-refractivity contribution >= 4 is 23.0 Å². The van der Waals surface area contributed by atoms with Crippen LogP contribution in [0.3, 0.4) is 0 Å². The minimum absolute atomic E-state index is 0.00975. The van der Waals surface area contributed by atoms with E-state index >= 15 is 0 Å². The molecular weight excluding hydrogens is 338 g/mol. The number of Topliss-reactive ketones (excluding diaryl/α,β-unsaturated/α-hetero) is 1. The molecule has 1 atom stereocenters. The van der Waals surface area contributed by atoms with Crippen molar-refractivity contribution in [1.29, 1.82) is 0 Å². The number of hydrogen-bond acceptors (Lipinski definition) is 5. The number of thiophene rings is 1. The zero-order valence-electron chi connectivity index (χ0n) is 14.6. The molecule has 1 aromatic heterocycles. The lowest BCUT2D eigenvalue weighted by molar-refractivity contribution is 0.0791. The number of nitrogens with zero attached hydrogens (tertiary/aromatic N) is 1. The smallest absolute Gasteiger partial charge is 0.254 e. The number of benzene rings is 1. The van der Waals surface area contributed by atoms with Crippen LogP contribution in [0.5, 0.6) is 11.5 Å². The predicted octanol–water partition coefficient (Wildman–Crippen LogP) is 3.60. The predicted molar refractivity (Wildman–Crippen MR) is 97.1 cm³/mol. The number of ether oxygens (including phenoxy) is 2. The van der Waals surface area contributed by atoms with Gasteiger partial charge in [-0.3, -0.25) is 9.59 Å². The largest absolute Gasteiger partial charge is 0.497 e. The summed E-state index contributed by atoms with van der Waals surface area (Å²) in [6, 6.07) is 7.44. The van der Waals surface area contributed by atoms with E-state index in [1.807, 2.05) is 23.1 Å². The van der Waals surface area contributed by atoms with E-state index in [9.17, 15) is 9.59 Å². The fourth-order valence-electron chi connectivity index (χ4n) is 3.17. The maximum absolute atomic E-state index is 12.7. The first-order chi connectivity index (χ1) is 12.0. The van der Waals surface area contributed by atoms with Gasteiger partial charge in [0, 0.05) is 30.0 Å². The van der Waals surface area contributed by atoms with Crippen LogP contribution >= 0.6 is 11.3 Å². The molecule has 6 heteroatoms. The number of likely N-dealkylation sites (tertiary alicyclic amines) is 1. The van der Waals surface area contributed by atoms with Gasteiger partial charge in [-0.15, -0.1) is 11.3 Å². The van der Waals surface area contributed by atoms with Crippen LogP contribution in [-0.4, -0.2) is 43.9 Å². The highest BCUT2D eigenvalue weighted by Crippen LogP contribution is 2.36. The SMILES string of the molecule is COc1ccc(OC)c([C@H]2CCN(C(=O)c3csc(C(C)=O)c3)C2)c1. The molecule has 0 spiro atoms. The van der Waals surface area contributed by atoms with Crippen LogP contribution in [0.15, 0.2) is 29.6 Å². The van der Waals surface area contributed by atoms with Gasteiger partial charge in [0.2, 0.25) is 0 Å². The Morgan fingerprint density at radius 1 is 1.20 bits per heavy atom. The van der Waals surface area contributed by atoms with Gasteiger partial charge in [-0.05, 0) is 37.6 Å². The average molecular weight is 359 g/mol. The molecule has 132 valence electrons. The number of carbonyl (C=O) groups excluding carboxylic acids is 2. The van der Waals surface area contributed by atoms with Crippen molar-refractivity contribution < 1.29 is 19.1 Å². The first-order valence-corrected chi connectivity index (χ1v) is 9.02. The molecule has 1 fully saturated rings. The third kappa shape index (κ3) is 3.54. The highest BCUT2D eigenvalue weighted by molar-refractivity contribution is 7.12. The molecule has 0 aliphatic carbocycles. The van der Waals surface area contributed by atoms with Crippen LogP contribution < -0.4 is 9.47 Å². The van der Waals surface area contributed by atoms with Gasteiger partial charge >= 0.3 is 0 Å². The monoisotopic (exact) mass is 359 g/mol. The maximum Gasteiger partial charge on any atom is 0.254 e. The van der Waals surface area contributed by atoms with E-state index in [-0.39, 0.29) is 17.6 Å². The molecule has 3 rings (SSSR count). The van der Waals surface area contributed by atoms with E-state index in [2.05, 4.69) is 0 Å². The van der Waals surface area contributed by atoms with Gasteiger partial charge in [-0.2, -0.15) is 0 Å². The highest BCUT2D eigenvalue weighted by Gasteiger charge is 2.30. The molecule has 1 aliphatic rings. The van der Waals surface area contributed by atoms with E-state index in [0.717, 1.165) is 23.5 Å². The van der Waals surface area contributed by atoms with Gasteiger partial charge in [0.15, 0.2) is 5.78 Å². The molecule has 0 unspecified atom stereocenters. The number of methoxy groups -OCH3 is 2. The molecule has 1 aliphatic heterocycles. The second-order valence-corrected chi connectivity index (χ2v) is 7.01. The standard InChI is InChI=1S/C19H21NO4S/c1-12(21)18-8-14(11-25-18)19(22)20-7-6-13(10-20)16-9-15(23-2)4-5-17(16)24-3/h4-5,8-9,11,13H,6-7,10H2,1-3H3/t13-/m0/s1. The van der Waals surface area contributed by atoms with Crippen LogP contribution in [0.1, 0.15) is 44.9 Å². The maximum atomic E-state index is 12.7.